The van der Waals surface area contributed by atoms with Crippen molar-refractivity contribution in [3.8, 4) is 0 Å². The van der Waals surface area contributed by atoms with E-state index in [9.17, 15) is 9.59 Å². The van der Waals surface area contributed by atoms with Gasteiger partial charge in [0.15, 0.2) is 20.9 Å². The van der Waals surface area contributed by atoms with Gasteiger partial charge in [-0.25, -0.2) is 19.6 Å². The summed E-state index contributed by atoms with van der Waals surface area (Å²) in [7, 11) is 0. The molecule has 0 bridgehead atoms. The molecule has 0 aliphatic heterocycles. The first-order valence-corrected chi connectivity index (χ1v) is 13.6. The Morgan fingerprint density at radius 1 is 0.765 bits per heavy atom. The van der Waals surface area contributed by atoms with Crippen molar-refractivity contribution in [1.82, 2.24) is 19.1 Å². The number of carbonyl (C=O) groups is 2. The highest BCUT2D eigenvalue weighted by molar-refractivity contribution is 9.10. The summed E-state index contributed by atoms with van der Waals surface area (Å²) in [6.07, 6.45) is 6.78. The lowest BCUT2D eigenvalue weighted by atomic mass is 10.2. The molecule has 0 unspecified atom stereocenters. The van der Waals surface area contributed by atoms with Crippen molar-refractivity contribution in [3.05, 3.63) is 32.2 Å². The van der Waals surface area contributed by atoms with E-state index in [4.69, 9.17) is 9.47 Å². The first kappa shape index (κ1) is 30.4. The normalized spacial score (nSPS) is 10.6. The van der Waals surface area contributed by atoms with Crippen molar-refractivity contribution < 1.29 is 19.1 Å². The summed E-state index contributed by atoms with van der Waals surface area (Å²) in [5, 5.41) is 0. The zero-order valence-electron chi connectivity index (χ0n) is 21.2. The van der Waals surface area contributed by atoms with Crippen molar-refractivity contribution in [1.29, 1.82) is 0 Å². The second-order valence-corrected chi connectivity index (χ2v) is 9.21. The van der Waals surface area contributed by atoms with E-state index in [0.717, 1.165) is 44.5 Å². The van der Waals surface area contributed by atoms with Crippen LogP contribution in [0, 0.1) is 13.8 Å². The molecule has 0 amide bonds. The Labute approximate surface area is 220 Å². The highest BCUT2D eigenvalue weighted by Crippen LogP contribution is 2.19. The maximum absolute atomic E-state index is 11.8. The predicted octanol–water partition coefficient (Wildman–Crippen LogP) is 6.64. The van der Waals surface area contributed by atoms with Crippen LogP contribution in [0.5, 0.6) is 0 Å². The van der Waals surface area contributed by atoms with E-state index >= 15 is 0 Å². The van der Waals surface area contributed by atoms with Gasteiger partial charge in [-0.2, -0.15) is 0 Å². The topological polar surface area (TPSA) is 88.2 Å². The van der Waals surface area contributed by atoms with Gasteiger partial charge in [-0.3, -0.25) is 0 Å². The number of rotatable bonds is 12. The van der Waals surface area contributed by atoms with Gasteiger partial charge in [0.1, 0.15) is 0 Å². The first-order valence-electron chi connectivity index (χ1n) is 12.0. The summed E-state index contributed by atoms with van der Waals surface area (Å²) < 4.78 is 15.3. The third-order valence-electron chi connectivity index (χ3n) is 5.18. The third kappa shape index (κ3) is 8.83. The lowest BCUT2D eigenvalue weighted by molar-refractivity contribution is 0.0505. The molecule has 2 aromatic heterocycles. The summed E-state index contributed by atoms with van der Waals surface area (Å²) >= 11 is 6.77. The maximum Gasteiger partial charge on any atom is 0.358 e. The molecular weight excluding hydrogens is 568 g/mol. The highest BCUT2D eigenvalue weighted by atomic mass is 79.9. The largest absolute Gasteiger partial charge is 0.461 e. The van der Waals surface area contributed by atoms with Crippen molar-refractivity contribution in [3.63, 3.8) is 0 Å². The molecule has 0 radical (unpaired) electrons. The lowest BCUT2D eigenvalue weighted by Crippen LogP contribution is -2.14. The highest BCUT2D eigenvalue weighted by Gasteiger charge is 2.20. The molecule has 0 spiro atoms. The molecule has 0 saturated heterocycles. The van der Waals surface area contributed by atoms with Gasteiger partial charge in [0.25, 0.3) is 0 Å². The van der Waals surface area contributed by atoms with Crippen LogP contribution in [0.1, 0.15) is 98.6 Å². The number of halogens is 2. The van der Waals surface area contributed by atoms with Gasteiger partial charge >= 0.3 is 11.9 Å². The summed E-state index contributed by atoms with van der Waals surface area (Å²) in [4.78, 5) is 32.0. The Morgan fingerprint density at radius 2 is 1.26 bits per heavy atom. The molecule has 10 heteroatoms. The van der Waals surface area contributed by atoms with Crippen molar-refractivity contribution >= 4 is 43.8 Å². The number of carbonyl (C=O) groups excluding carboxylic acids is 2. The Bertz CT molecular complexity index is 925. The first-order chi connectivity index (χ1) is 16.2. The van der Waals surface area contributed by atoms with Gasteiger partial charge in [0, 0.05) is 13.1 Å². The van der Waals surface area contributed by atoms with E-state index in [0.29, 0.717) is 39.8 Å². The van der Waals surface area contributed by atoms with Crippen LogP contribution in [-0.2, 0) is 22.6 Å². The fourth-order valence-corrected chi connectivity index (χ4v) is 4.63. The molecule has 192 valence electrons. The fourth-order valence-electron chi connectivity index (χ4n) is 3.39. The minimum absolute atomic E-state index is 0.292. The maximum atomic E-state index is 11.8. The van der Waals surface area contributed by atoms with Gasteiger partial charge in [-0.1, -0.05) is 39.5 Å². The van der Waals surface area contributed by atoms with E-state index < -0.39 is 0 Å². The Hall–Kier alpha value is -1.68. The van der Waals surface area contributed by atoms with Gasteiger partial charge in [0.05, 0.1) is 24.6 Å². The zero-order valence-corrected chi connectivity index (χ0v) is 24.4. The summed E-state index contributed by atoms with van der Waals surface area (Å²) in [6, 6.07) is 0. The standard InChI is InChI=1S/2C12H19BrN2O2/c1-4-6-7-8-15-9(3)10(14-12(15)13)11(16)17-5-2;1-4-6-7-8-15-10(11(16)17-5-2)9(3)14-12(15)13/h2*4-8H2,1-3H3. The Kier molecular flexibility index (Phi) is 14.4. The lowest BCUT2D eigenvalue weighted by Gasteiger charge is -2.09. The van der Waals surface area contributed by atoms with Gasteiger partial charge < -0.3 is 18.6 Å². The van der Waals surface area contributed by atoms with Gasteiger partial charge in [-0.05, 0) is 72.4 Å². The SMILES string of the molecule is CCCCCn1c(Br)nc(C(=O)OCC)c1C.CCCCCn1c(Br)nc(C)c1C(=O)OCC. The predicted molar refractivity (Wildman–Crippen MR) is 140 cm³/mol. The third-order valence-corrected chi connectivity index (χ3v) is 6.39. The number of ether oxygens (including phenoxy) is 2. The number of imidazole rings is 2. The van der Waals surface area contributed by atoms with Crippen molar-refractivity contribution in [2.45, 2.75) is 93.2 Å². The molecule has 0 N–H and O–H groups in total. The number of aromatic nitrogens is 4. The molecule has 8 nitrogen and oxygen atoms in total. The molecule has 0 aromatic carbocycles. The van der Waals surface area contributed by atoms with Crippen LogP contribution >= 0.6 is 31.9 Å². The average molecular weight is 606 g/mol. The number of hydrogen-bond donors (Lipinski definition) is 0. The van der Waals surface area contributed by atoms with Crippen LogP contribution in [0.4, 0.5) is 0 Å². The fraction of sp³-hybridized carbons (Fsp3) is 0.667. The molecular formula is C24H38Br2N4O4. The van der Waals surface area contributed by atoms with E-state index in [1.807, 2.05) is 23.0 Å². The number of unbranched alkanes of at least 4 members (excludes halogenated alkanes) is 4. The summed E-state index contributed by atoms with van der Waals surface area (Å²) in [5.74, 6) is -0.639. The second-order valence-electron chi connectivity index (χ2n) is 7.79. The van der Waals surface area contributed by atoms with E-state index in [1.165, 1.54) is 12.8 Å². The quantitative estimate of drug-likeness (QED) is 0.199. The number of hydrogen-bond acceptors (Lipinski definition) is 6. The van der Waals surface area contributed by atoms with E-state index in [-0.39, 0.29) is 11.9 Å². The summed E-state index contributed by atoms with van der Waals surface area (Å²) in [6.45, 7) is 14.1. The Morgan fingerprint density at radius 3 is 1.79 bits per heavy atom. The molecule has 0 fully saturated rings. The second kappa shape index (κ2) is 16.1. The average Bonchev–Trinajstić information content (AvgIpc) is 3.24. The molecule has 34 heavy (non-hydrogen) atoms. The smallest absolute Gasteiger partial charge is 0.358 e. The molecule has 2 heterocycles. The number of aryl methyl sites for hydroxylation is 1. The van der Waals surface area contributed by atoms with Gasteiger partial charge in [0.2, 0.25) is 0 Å². The molecule has 0 aliphatic rings. The molecule has 0 aliphatic carbocycles. The number of nitrogens with zero attached hydrogens (tertiary/aromatic N) is 4. The van der Waals surface area contributed by atoms with Crippen LogP contribution in [0.2, 0.25) is 0 Å². The van der Waals surface area contributed by atoms with Gasteiger partial charge in [-0.15, -0.1) is 0 Å². The zero-order chi connectivity index (χ0) is 25.7. The Balaban J connectivity index is 0.000000340. The number of esters is 2. The minimum Gasteiger partial charge on any atom is -0.461 e. The minimum atomic E-state index is -0.347. The monoisotopic (exact) mass is 604 g/mol. The van der Waals surface area contributed by atoms with Crippen LogP contribution in [0.25, 0.3) is 0 Å². The van der Waals surface area contributed by atoms with Crippen molar-refractivity contribution in [2.24, 2.45) is 0 Å². The molecule has 2 rings (SSSR count). The van der Waals surface area contributed by atoms with Crippen molar-refractivity contribution in [2.75, 3.05) is 13.2 Å². The van der Waals surface area contributed by atoms with E-state index in [1.54, 1.807) is 13.8 Å². The molecule has 0 atom stereocenters. The molecule has 2 aromatic rings. The molecule has 0 saturated carbocycles. The van der Waals surface area contributed by atoms with Crippen LogP contribution in [0.15, 0.2) is 9.47 Å². The van der Waals surface area contributed by atoms with E-state index in [2.05, 4.69) is 55.7 Å². The summed E-state index contributed by atoms with van der Waals surface area (Å²) in [5.41, 5.74) is 2.56. The van der Waals surface area contributed by atoms with Crippen LogP contribution < -0.4 is 0 Å². The van der Waals surface area contributed by atoms with Crippen LogP contribution in [-0.4, -0.2) is 44.3 Å². The van der Waals surface area contributed by atoms with Crippen LogP contribution in [0.3, 0.4) is 0 Å².